The average molecular weight is 383 g/mol. The highest BCUT2D eigenvalue weighted by atomic mass is 16.5. The summed E-state index contributed by atoms with van der Waals surface area (Å²) in [6, 6.07) is 11.5. The van der Waals surface area contributed by atoms with Crippen LogP contribution in [0.1, 0.15) is 49.9 Å². The molecule has 0 radical (unpaired) electrons. The monoisotopic (exact) mass is 383 g/mol. The fourth-order valence-electron chi connectivity index (χ4n) is 3.64. The Morgan fingerprint density at radius 1 is 1.14 bits per heavy atom. The summed E-state index contributed by atoms with van der Waals surface area (Å²) in [7, 11) is 1.63. The van der Waals surface area contributed by atoms with Crippen molar-refractivity contribution in [2.45, 2.75) is 58.8 Å². The Hall–Kier alpha value is -2.69. The summed E-state index contributed by atoms with van der Waals surface area (Å²) in [5.41, 5.74) is 2.76. The highest BCUT2D eigenvalue weighted by molar-refractivity contribution is 5.81. The molecule has 1 aliphatic rings. The lowest BCUT2D eigenvalue weighted by atomic mass is 9.89. The molecule has 3 rings (SSSR count). The van der Waals surface area contributed by atoms with Crippen LogP contribution < -0.4 is 19.5 Å². The molecule has 0 unspecified atom stereocenters. The topological polar surface area (TPSA) is 56.8 Å². The number of hydrogen-bond donors (Lipinski definition) is 1. The van der Waals surface area contributed by atoms with Gasteiger partial charge in [0.15, 0.2) is 6.10 Å². The number of rotatable bonds is 5. The highest BCUT2D eigenvalue weighted by Crippen LogP contribution is 2.41. The summed E-state index contributed by atoms with van der Waals surface area (Å²) in [5.74, 6) is 2.05. The Morgan fingerprint density at radius 3 is 2.46 bits per heavy atom. The number of hydrogen-bond acceptors (Lipinski definition) is 4. The molecule has 0 bridgehead atoms. The van der Waals surface area contributed by atoms with Crippen molar-refractivity contribution < 1.29 is 19.0 Å². The van der Waals surface area contributed by atoms with E-state index < -0.39 is 6.10 Å². The van der Waals surface area contributed by atoms with Crippen molar-refractivity contribution in [3.05, 3.63) is 53.1 Å². The minimum Gasteiger partial charge on any atom is -0.497 e. The number of ether oxygens (including phenoxy) is 3. The number of carbonyl (C=O) groups excluding carboxylic acids is 1. The zero-order valence-corrected chi connectivity index (χ0v) is 17.5. The van der Waals surface area contributed by atoms with Gasteiger partial charge in [0.25, 0.3) is 5.91 Å². The molecule has 2 aromatic rings. The largest absolute Gasteiger partial charge is 0.497 e. The summed E-state index contributed by atoms with van der Waals surface area (Å²) >= 11 is 0. The molecule has 2 aromatic carbocycles. The minimum atomic E-state index is -0.610. The fraction of sp³-hybridized carbons (Fsp3) is 0.435. The maximum absolute atomic E-state index is 12.9. The molecule has 28 heavy (non-hydrogen) atoms. The summed E-state index contributed by atoms with van der Waals surface area (Å²) in [5, 5.41) is 3.13. The fourth-order valence-corrected chi connectivity index (χ4v) is 3.64. The van der Waals surface area contributed by atoms with Crippen LogP contribution in [0.3, 0.4) is 0 Å². The van der Waals surface area contributed by atoms with E-state index in [0.29, 0.717) is 12.2 Å². The van der Waals surface area contributed by atoms with Crippen LogP contribution in [0.25, 0.3) is 0 Å². The predicted octanol–water partition coefficient (Wildman–Crippen LogP) is 4.50. The van der Waals surface area contributed by atoms with Crippen molar-refractivity contribution in [1.29, 1.82) is 0 Å². The molecule has 1 N–H and O–H groups in total. The third-order valence-electron chi connectivity index (χ3n) is 4.87. The Morgan fingerprint density at radius 2 is 1.82 bits per heavy atom. The molecule has 5 nitrogen and oxygen atoms in total. The Bertz CT molecular complexity index is 855. The molecule has 1 heterocycles. The number of nitrogens with one attached hydrogen (secondary N) is 1. The first-order valence-corrected chi connectivity index (χ1v) is 9.59. The molecule has 0 aliphatic carbocycles. The van der Waals surface area contributed by atoms with E-state index in [1.807, 2.05) is 58.0 Å². The molecule has 0 saturated carbocycles. The first-order chi connectivity index (χ1) is 13.2. The van der Waals surface area contributed by atoms with Gasteiger partial charge in [-0.15, -0.1) is 0 Å². The van der Waals surface area contributed by atoms with Crippen LogP contribution in [0.2, 0.25) is 0 Å². The van der Waals surface area contributed by atoms with Crippen molar-refractivity contribution in [1.82, 2.24) is 5.32 Å². The molecule has 2 atom stereocenters. The van der Waals surface area contributed by atoms with E-state index in [-0.39, 0.29) is 17.6 Å². The second kappa shape index (κ2) is 7.74. The lowest BCUT2D eigenvalue weighted by Gasteiger charge is -2.38. The van der Waals surface area contributed by atoms with E-state index in [0.717, 1.165) is 28.2 Å². The van der Waals surface area contributed by atoms with Gasteiger partial charge in [0.2, 0.25) is 0 Å². The minimum absolute atomic E-state index is 0.157. The van der Waals surface area contributed by atoms with E-state index in [9.17, 15) is 4.79 Å². The molecule has 1 amide bonds. The van der Waals surface area contributed by atoms with Crippen molar-refractivity contribution in [3.8, 4) is 17.2 Å². The first kappa shape index (κ1) is 20.1. The van der Waals surface area contributed by atoms with Gasteiger partial charge in [0.05, 0.1) is 13.2 Å². The number of fused-ring (bicyclic) bond motifs is 1. The second-order valence-corrected chi connectivity index (χ2v) is 8.11. The smallest absolute Gasteiger partial charge is 0.261 e. The predicted molar refractivity (Wildman–Crippen MR) is 109 cm³/mol. The van der Waals surface area contributed by atoms with Crippen molar-refractivity contribution >= 4 is 5.91 Å². The number of carbonyl (C=O) groups is 1. The third-order valence-corrected chi connectivity index (χ3v) is 4.87. The molecular weight excluding hydrogens is 354 g/mol. The van der Waals surface area contributed by atoms with Gasteiger partial charge in [-0.1, -0.05) is 6.07 Å². The van der Waals surface area contributed by atoms with E-state index in [1.54, 1.807) is 14.0 Å². The van der Waals surface area contributed by atoms with Gasteiger partial charge in [0.1, 0.15) is 22.8 Å². The summed E-state index contributed by atoms with van der Waals surface area (Å²) < 4.78 is 17.3. The van der Waals surface area contributed by atoms with E-state index in [4.69, 9.17) is 14.2 Å². The van der Waals surface area contributed by atoms with Crippen molar-refractivity contribution in [3.63, 3.8) is 0 Å². The van der Waals surface area contributed by atoms with Crippen LogP contribution in [0, 0.1) is 13.8 Å². The molecule has 0 fully saturated rings. The maximum Gasteiger partial charge on any atom is 0.261 e. The van der Waals surface area contributed by atoms with Crippen LogP contribution >= 0.6 is 0 Å². The van der Waals surface area contributed by atoms with Crippen molar-refractivity contribution in [2.75, 3.05) is 7.11 Å². The van der Waals surface area contributed by atoms with Crippen LogP contribution in [0.5, 0.6) is 17.2 Å². The Labute approximate surface area is 167 Å². The number of benzene rings is 2. The van der Waals surface area contributed by atoms with Crippen LogP contribution in [0.4, 0.5) is 0 Å². The van der Waals surface area contributed by atoms with Gasteiger partial charge >= 0.3 is 0 Å². The Kier molecular flexibility index (Phi) is 5.54. The van der Waals surface area contributed by atoms with Crippen LogP contribution in [0.15, 0.2) is 36.4 Å². The van der Waals surface area contributed by atoms with Gasteiger partial charge in [-0.3, -0.25) is 4.79 Å². The molecule has 0 spiro atoms. The average Bonchev–Trinajstić information content (AvgIpc) is 2.59. The lowest BCUT2D eigenvalue weighted by Crippen LogP contribution is -2.44. The number of amides is 1. The van der Waals surface area contributed by atoms with Crippen LogP contribution in [-0.2, 0) is 4.79 Å². The van der Waals surface area contributed by atoms with Gasteiger partial charge in [0, 0.05) is 12.0 Å². The number of aryl methyl sites for hydroxylation is 2. The molecule has 0 aromatic heterocycles. The molecule has 0 saturated heterocycles. The van der Waals surface area contributed by atoms with Gasteiger partial charge in [-0.2, -0.15) is 0 Å². The standard InChI is InChI=1S/C23H29NO4/c1-14-9-15(2)11-18(10-14)27-16(3)22(25)24-20-13-23(4,5)28-21-8-7-17(26-6)12-19(20)21/h7-12,16,20H,13H2,1-6H3,(H,24,25)/t16-,20-/m1/s1. The zero-order chi connectivity index (χ0) is 20.5. The maximum atomic E-state index is 12.9. The number of methoxy groups -OCH3 is 1. The quantitative estimate of drug-likeness (QED) is 0.826. The lowest BCUT2D eigenvalue weighted by molar-refractivity contribution is -0.128. The summed E-state index contributed by atoms with van der Waals surface area (Å²) in [6.07, 6.45) is 0.0519. The van der Waals surface area contributed by atoms with Gasteiger partial charge in [-0.05, 0) is 76.1 Å². The SMILES string of the molecule is COc1ccc2c(c1)[C@H](NC(=O)[C@@H](C)Oc1cc(C)cc(C)c1)CC(C)(C)O2. The molecule has 5 heteroatoms. The summed E-state index contributed by atoms with van der Waals surface area (Å²) in [6.45, 7) is 9.84. The molecule has 150 valence electrons. The van der Waals surface area contributed by atoms with E-state index in [1.165, 1.54) is 0 Å². The van der Waals surface area contributed by atoms with E-state index in [2.05, 4.69) is 11.4 Å². The summed E-state index contributed by atoms with van der Waals surface area (Å²) in [4.78, 5) is 12.9. The second-order valence-electron chi connectivity index (χ2n) is 8.11. The van der Waals surface area contributed by atoms with Crippen LogP contribution in [-0.4, -0.2) is 24.7 Å². The third kappa shape index (κ3) is 4.58. The highest BCUT2D eigenvalue weighted by Gasteiger charge is 2.35. The Balaban J connectivity index is 1.77. The van der Waals surface area contributed by atoms with Gasteiger partial charge in [-0.25, -0.2) is 0 Å². The molecular formula is C23H29NO4. The molecule has 1 aliphatic heterocycles. The van der Waals surface area contributed by atoms with Gasteiger partial charge < -0.3 is 19.5 Å². The van der Waals surface area contributed by atoms with E-state index >= 15 is 0 Å². The van der Waals surface area contributed by atoms with Crippen molar-refractivity contribution in [2.24, 2.45) is 0 Å². The zero-order valence-electron chi connectivity index (χ0n) is 17.5. The normalized spacial score (nSPS) is 18.4. The first-order valence-electron chi connectivity index (χ1n) is 9.59.